The minimum atomic E-state index is 0.247. The van der Waals surface area contributed by atoms with Gasteiger partial charge in [-0.3, -0.25) is 0 Å². The van der Waals surface area contributed by atoms with Crippen molar-refractivity contribution < 1.29 is 4.74 Å². The number of benzene rings is 1. The molecule has 0 radical (unpaired) electrons. The van der Waals surface area contributed by atoms with Crippen LogP contribution in [-0.4, -0.2) is 19.7 Å². The molecule has 19 heavy (non-hydrogen) atoms. The van der Waals surface area contributed by atoms with Gasteiger partial charge in [0.05, 0.1) is 6.61 Å². The Balaban J connectivity index is 2.49. The van der Waals surface area contributed by atoms with Crippen molar-refractivity contribution in [3.8, 4) is 5.75 Å². The Morgan fingerprint density at radius 3 is 2.32 bits per heavy atom. The van der Waals surface area contributed by atoms with Crippen molar-refractivity contribution in [2.45, 2.75) is 46.5 Å². The smallest absolute Gasteiger partial charge is 0.119 e. The molecule has 0 saturated heterocycles. The second-order valence-electron chi connectivity index (χ2n) is 5.99. The maximum Gasteiger partial charge on any atom is 0.119 e. The molecule has 108 valence electrons. The van der Waals surface area contributed by atoms with E-state index >= 15 is 0 Å². The lowest BCUT2D eigenvalue weighted by Crippen LogP contribution is -2.24. The summed E-state index contributed by atoms with van der Waals surface area (Å²) in [5.41, 5.74) is 1.62. The van der Waals surface area contributed by atoms with Gasteiger partial charge in [-0.2, -0.15) is 0 Å². The summed E-state index contributed by atoms with van der Waals surface area (Å²) in [6.45, 7) is 13.9. The molecule has 1 rings (SSSR count). The third kappa shape index (κ3) is 5.23. The lowest BCUT2D eigenvalue weighted by Gasteiger charge is -2.23. The number of rotatable bonds is 8. The van der Waals surface area contributed by atoms with Crippen molar-refractivity contribution in [1.82, 2.24) is 5.32 Å². The van der Waals surface area contributed by atoms with Gasteiger partial charge in [-0.15, -0.1) is 0 Å². The standard InChI is InChI=1S/C17H29NO/c1-6-17(4,5)15-8-10-16(11-9-15)19-13-14(3)12-18-7-2/h8-11,14,18H,6-7,12-13H2,1-5H3. The molecular formula is C17H29NO. The van der Waals surface area contributed by atoms with E-state index in [1.54, 1.807) is 0 Å². The second-order valence-corrected chi connectivity index (χ2v) is 5.99. The molecular weight excluding hydrogens is 234 g/mol. The Hall–Kier alpha value is -1.02. The van der Waals surface area contributed by atoms with Gasteiger partial charge in [0.2, 0.25) is 0 Å². The molecule has 2 heteroatoms. The number of ether oxygens (including phenoxy) is 1. The highest BCUT2D eigenvalue weighted by Crippen LogP contribution is 2.28. The highest BCUT2D eigenvalue weighted by molar-refractivity contribution is 5.31. The molecule has 0 amide bonds. The van der Waals surface area contributed by atoms with E-state index in [-0.39, 0.29) is 5.41 Å². The van der Waals surface area contributed by atoms with E-state index in [0.29, 0.717) is 5.92 Å². The number of nitrogens with one attached hydrogen (secondary N) is 1. The van der Waals surface area contributed by atoms with E-state index in [1.807, 2.05) is 0 Å². The van der Waals surface area contributed by atoms with Gasteiger partial charge < -0.3 is 10.1 Å². The topological polar surface area (TPSA) is 21.3 Å². The molecule has 2 nitrogen and oxygen atoms in total. The molecule has 0 aliphatic carbocycles. The molecule has 1 N–H and O–H groups in total. The molecule has 1 unspecified atom stereocenters. The summed E-state index contributed by atoms with van der Waals surface area (Å²) in [6.07, 6.45) is 1.15. The van der Waals surface area contributed by atoms with E-state index in [4.69, 9.17) is 4.74 Å². The van der Waals surface area contributed by atoms with E-state index in [0.717, 1.165) is 31.9 Å². The van der Waals surface area contributed by atoms with Crippen LogP contribution in [0.5, 0.6) is 5.75 Å². The van der Waals surface area contributed by atoms with Crippen LogP contribution in [-0.2, 0) is 5.41 Å². The third-order valence-corrected chi connectivity index (χ3v) is 3.80. The normalized spacial score (nSPS) is 13.3. The van der Waals surface area contributed by atoms with Crippen LogP contribution in [0.25, 0.3) is 0 Å². The zero-order chi connectivity index (χ0) is 14.3. The lowest BCUT2D eigenvalue weighted by atomic mass is 9.82. The van der Waals surface area contributed by atoms with Crippen LogP contribution in [0, 0.1) is 5.92 Å². The average molecular weight is 263 g/mol. The van der Waals surface area contributed by atoms with Crippen molar-refractivity contribution in [3.05, 3.63) is 29.8 Å². The first-order chi connectivity index (χ1) is 8.99. The van der Waals surface area contributed by atoms with Gasteiger partial charge in [0.15, 0.2) is 0 Å². The Labute approximate surface area is 118 Å². The van der Waals surface area contributed by atoms with Gasteiger partial charge in [-0.1, -0.05) is 46.8 Å². The summed E-state index contributed by atoms with van der Waals surface area (Å²) < 4.78 is 5.83. The van der Waals surface area contributed by atoms with Gasteiger partial charge in [0.1, 0.15) is 5.75 Å². The quantitative estimate of drug-likeness (QED) is 0.765. The molecule has 1 aromatic carbocycles. The number of hydrogen-bond acceptors (Lipinski definition) is 2. The molecule has 0 saturated carbocycles. The Morgan fingerprint density at radius 1 is 1.16 bits per heavy atom. The van der Waals surface area contributed by atoms with Gasteiger partial charge in [-0.25, -0.2) is 0 Å². The van der Waals surface area contributed by atoms with Crippen molar-refractivity contribution in [3.63, 3.8) is 0 Å². The fourth-order valence-corrected chi connectivity index (χ4v) is 1.89. The Kier molecular flexibility index (Phi) is 6.36. The van der Waals surface area contributed by atoms with E-state index in [2.05, 4.69) is 64.2 Å². The van der Waals surface area contributed by atoms with E-state index in [9.17, 15) is 0 Å². The van der Waals surface area contributed by atoms with Gasteiger partial charge >= 0.3 is 0 Å². The summed E-state index contributed by atoms with van der Waals surface area (Å²) in [5, 5.41) is 3.34. The Bertz CT molecular complexity index is 356. The molecule has 0 fully saturated rings. The van der Waals surface area contributed by atoms with Crippen molar-refractivity contribution in [2.24, 2.45) is 5.92 Å². The minimum Gasteiger partial charge on any atom is -0.493 e. The molecule has 0 aliphatic rings. The minimum absolute atomic E-state index is 0.247. The molecule has 0 bridgehead atoms. The van der Waals surface area contributed by atoms with Crippen LogP contribution >= 0.6 is 0 Å². The van der Waals surface area contributed by atoms with E-state index < -0.39 is 0 Å². The summed E-state index contributed by atoms with van der Waals surface area (Å²) in [6, 6.07) is 8.56. The summed E-state index contributed by atoms with van der Waals surface area (Å²) >= 11 is 0. The largest absolute Gasteiger partial charge is 0.493 e. The van der Waals surface area contributed by atoms with Gasteiger partial charge in [0.25, 0.3) is 0 Å². The molecule has 0 aromatic heterocycles. The maximum absolute atomic E-state index is 5.83. The van der Waals surface area contributed by atoms with Crippen LogP contribution < -0.4 is 10.1 Å². The highest BCUT2D eigenvalue weighted by Gasteiger charge is 2.17. The first-order valence-corrected chi connectivity index (χ1v) is 7.43. The van der Waals surface area contributed by atoms with Crippen molar-refractivity contribution in [2.75, 3.05) is 19.7 Å². The number of hydrogen-bond donors (Lipinski definition) is 1. The molecule has 1 atom stereocenters. The zero-order valence-electron chi connectivity index (χ0n) is 13.1. The van der Waals surface area contributed by atoms with Crippen LogP contribution in [0.4, 0.5) is 0 Å². The first-order valence-electron chi connectivity index (χ1n) is 7.43. The van der Waals surface area contributed by atoms with Crippen LogP contribution in [0.2, 0.25) is 0 Å². The van der Waals surface area contributed by atoms with Gasteiger partial charge in [0, 0.05) is 12.5 Å². The maximum atomic E-state index is 5.83. The second kappa shape index (κ2) is 7.54. The zero-order valence-corrected chi connectivity index (χ0v) is 13.1. The monoisotopic (exact) mass is 263 g/mol. The van der Waals surface area contributed by atoms with Crippen LogP contribution in [0.1, 0.15) is 46.6 Å². The molecule has 1 aromatic rings. The average Bonchev–Trinajstić information content (AvgIpc) is 2.43. The SMILES string of the molecule is CCNCC(C)COc1ccc(C(C)(C)CC)cc1. The van der Waals surface area contributed by atoms with Crippen molar-refractivity contribution >= 4 is 0 Å². The van der Waals surface area contributed by atoms with E-state index in [1.165, 1.54) is 5.56 Å². The van der Waals surface area contributed by atoms with Crippen LogP contribution in [0.3, 0.4) is 0 Å². The lowest BCUT2D eigenvalue weighted by molar-refractivity contribution is 0.256. The van der Waals surface area contributed by atoms with Crippen LogP contribution in [0.15, 0.2) is 24.3 Å². The Morgan fingerprint density at radius 2 is 1.79 bits per heavy atom. The summed E-state index contributed by atoms with van der Waals surface area (Å²) in [7, 11) is 0. The highest BCUT2D eigenvalue weighted by atomic mass is 16.5. The predicted octanol–water partition coefficient (Wildman–Crippen LogP) is 4.00. The summed E-state index contributed by atoms with van der Waals surface area (Å²) in [4.78, 5) is 0. The van der Waals surface area contributed by atoms with Crippen molar-refractivity contribution in [1.29, 1.82) is 0 Å². The molecule has 0 aliphatic heterocycles. The fraction of sp³-hybridized carbons (Fsp3) is 0.647. The predicted molar refractivity (Wildman–Crippen MR) is 83.0 cm³/mol. The van der Waals surface area contributed by atoms with Gasteiger partial charge in [-0.05, 0) is 36.1 Å². The first kappa shape index (κ1) is 16.0. The third-order valence-electron chi connectivity index (χ3n) is 3.80. The fourth-order valence-electron chi connectivity index (χ4n) is 1.89. The molecule has 0 heterocycles. The molecule has 0 spiro atoms. The summed E-state index contributed by atoms with van der Waals surface area (Å²) in [5.74, 6) is 1.51.